The summed E-state index contributed by atoms with van der Waals surface area (Å²) in [4.78, 5) is 2.44. The first kappa shape index (κ1) is 9.64. The Bertz CT molecular complexity index is 368. The van der Waals surface area contributed by atoms with E-state index in [9.17, 15) is 0 Å². The molecule has 3 heteroatoms. The van der Waals surface area contributed by atoms with Crippen LogP contribution >= 0.6 is 11.6 Å². The molecule has 2 aliphatic heterocycles. The Labute approximate surface area is 94.8 Å². The normalized spacial score (nSPS) is 29.9. The number of ether oxygens (including phenoxy) is 1. The number of likely N-dealkylation sites (tertiary alicyclic amines) is 1. The molecule has 0 N–H and O–H groups in total. The van der Waals surface area contributed by atoms with E-state index in [1.165, 1.54) is 12.0 Å². The van der Waals surface area contributed by atoms with Gasteiger partial charge in [-0.15, -0.1) is 0 Å². The van der Waals surface area contributed by atoms with Crippen molar-refractivity contribution >= 4 is 11.6 Å². The Morgan fingerprint density at radius 1 is 1.40 bits per heavy atom. The largest absolute Gasteiger partial charge is 0.368 e. The van der Waals surface area contributed by atoms with Crippen LogP contribution in [-0.4, -0.2) is 30.2 Å². The van der Waals surface area contributed by atoms with Crippen molar-refractivity contribution in [3.8, 4) is 0 Å². The van der Waals surface area contributed by atoms with Crippen LogP contribution in [0.15, 0.2) is 24.3 Å². The van der Waals surface area contributed by atoms with Gasteiger partial charge in [-0.3, -0.25) is 4.90 Å². The van der Waals surface area contributed by atoms with Crippen LogP contribution in [-0.2, 0) is 11.3 Å². The monoisotopic (exact) mass is 223 g/mol. The van der Waals surface area contributed by atoms with Crippen molar-refractivity contribution in [3.05, 3.63) is 34.9 Å². The number of nitrogens with zero attached hydrogens (tertiary/aromatic N) is 1. The lowest BCUT2D eigenvalue weighted by Crippen LogP contribution is -2.33. The lowest BCUT2D eigenvalue weighted by Gasteiger charge is -2.24. The van der Waals surface area contributed by atoms with E-state index in [0.717, 1.165) is 24.7 Å². The quantitative estimate of drug-likeness (QED) is 0.716. The second-order valence-corrected chi connectivity index (χ2v) is 4.80. The number of piperidine rings is 1. The molecule has 80 valence electrons. The van der Waals surface area contributed by atoms with E-state index in [0.29, 0.717) is 12.2 Å². The standard InChI is InChI=1S/C12H14ClNO/c13-10-3-1-2-9(6-10)7-14-5-4-11-12(8-14)15-11/h1-3,6,11-12H,4-5,7-8H2. The van der Waals surface area contributed by atoms with E-state index in [1.54, 1.807) is 0 Å². The van der Waals surface area contributed by atoms with Gasteiger partial charge in [0.05, 0.1) is 12.2 Å². The van der Waals surface area contributed by atoms with Crippen molar-refractivity contribution in [2.45, 2.75) is 25.2 Å². The molecule has 0 aliphatic carbocycles. The molecule has 2 fully saturated rings. The number of epoxide rings is 1. The molecule has 1 aromatic carbocycles. The third kappa shape index (κ3) is 2.17. The second kappa shape index (κ2) is 3.78. The van der Waals surface area contributed by atoms with Crippen molar-refractivity contribution in [1.82, 2.24) is 4.90 Å². The molecule has 2 saturated heterocycles. The molecule has 2 unspecified atom stereocenters. The van der Waals surface area contributed by atoms with Crippen LogP contribution in [0.4, 0.5) is 0 Å². The highest BCUT2D eigenvalue weighted by atomic mass is 35.5. The average molecular weight is 224 g/mol. The summed E-state index contributed by atoms with van der Waals surface area (Å²) in [5.41, 5.74) is 1.29. The third-order valence-corrected chi connectivity index (χ3v) is 3.39. The van der Waals surface area contributed by atoms with Crippen LogP contribution in [0.25, 0.3) is 0 Å². The predicted octanol–water partition coefficient (Wildman–Crippen LogP) is 2.31. The number of hydrogen-bond donors (Lipinski definition) is 0. The summed E-state index contributed by atoms with van der Waals surface area (Å²) in [7, 11) is 0. The summed E-state index contributed by atoms with van der Waals surface area (Å²) in [6.07, 6.45) is 2.27. The molecule has 0 radical (unpaired) electrons. The van der Waals surface area contributed by atoms with E-state index in [-0.39, 0.29) is 0 Å². The van der Waals surface area contributed by atoms with Gasteiger partial charge >= 0.3 is 0 Å². The molecule has 0 spiro atoms. The summed E-state index contributed by atoms with van der Waals surface area (Å²) < 4.78 is 5.50. The van der Waals surface area contributed by atoms with Crippen LogP contribution in [0.1, 0.15) is 12.0 Å². The maximum Gasteiger partial charge on any atom is 0.0969 e. The summed E-state index contributed by atoms with van der Waals surface area (Å²) in [5.74, 6) is 0. The van der Waals surface area contributed by atoms with Crippen molar-refractivity contribution in [1.29, 1.82) is 0 Å². The van der Waals surface area contributed by atoms with Crippen LogP contribution in [0.3, 0.4) is 0 Å². The average Bonchev–Trinajstić information content (AvgIpc) is 2.96. The Balaban J connectivity index is 1.64. The van der Waals surface area contributed by atoms with Crippen LogP contribution in [0.2, 0.25) is 5.02 Å². The third-order valence-electron chi connectivity index (χ3n) is 3.15. The number of rotatable bonds is 2. The maximum atomic E-state index is 5.96. The molecule has 2 atom stereocenters. The van der Waals surface area contributed by atoms with E-state index in [1.807, 2.05) is 18.2 Å². The number of halogens is 1. The lowest BCUT2D eigenvalue weighted by molar-refractivity contribution is 0.237. The van der Waals surface area contributed by atoms with Gasteiger partial charge in [-0.05, 0) is 24.1 Å². The molecular weight excluding hydrogens is 210 g/mol. The molecule has 3 rings (SSSR count). The second-order valence-electron chi connectivity index (χ2n) is 4.37. The highest BCUT2D eigenvalue weighted by molar-refractivity contribution is 6.30. The number of benzene rings is 1. The Kier molecular flexibility index (Phi) is 2.43. The lowest BCUT2D eigenvalue weighted by atomic mass is 10.1. The van der Waals surface area contributed by atoms with E-state index in [2.05, 4.69) is 11.0 Å². The molecule has 0 aromatic heterocycles. The van der Waals surface area contributed by atoms with Crippen LogP contribution < -0.4 is 0 Å². The minimum atomic E-state index is 0.512. The fraction of sp³-hybridized carbons (Fsp3) is 0.500. The molecule has 2 nitrogen and oxygen atoms in total. The van der Waals surface area contributed by atoms with Gasteiger partial charge in [-0.25, -0.2) is 0 Å². The SMILES string of the molecule is Clc1cccc(CN2CCC3OC3C2)c1. The molecular formula is C12H14ClNO. The first-order valence-corrected chi connectivity index (χ1v) is 5.81. The fourth-order valence-corrected chi connectivity index (χ4v) is 2.50. The first-order chi connectivity index (χ1) is 7.31. The van der Waals surface area contributed by atoms with Crippen molar-refractivity contribution in [2.24, 2.45) is 0 Å². The molecule has 2 heterocycles. The zero-order valence-electron chi connectivity index (χ0n) is 8.53. The van der Waals surface area contributed by atoms with Gasteiger partial charge in [-0.1, -0.05) is 23.7 Å². The molecule has 1 aromatic rings. The van der Waals surface area contributed by atoms with Crippen LogP contribution in [0, 0.1) is 0 Å². The topological polar surface area (TPSA) is 15.8 Å². The van der Waals surface area contributed by atoms with Gasteiger partial charge in [0, 0.05) is 24.7 Å². The Hall–Kier alpha value is -0.570. The zero-order valence-corrected chi connectivity index (χ0v) is 9.28. The summed E-state index contributed by atoms with van der Waals surface area (Å²) in [5, 5.41) is 0.824. The van der Waals surface area contributed by atoms with Gasteiger partial charge in [0.2, 0.25) is 0 Å². The highest BCUT2D eigenvalue weighted by Crippen LogP contribution is 2.31. The van der Waals surface area contributed by atoms with Gasteiger partial charge in [0.15, 0.2) is 0 Å². The smallest absolute Gasteiger partial charge is 0.0969 e. The van der Waals surface area contributed by atoms with Gasteiger partial charge in [-0.2, -0.15) is 0 Å². The molecule has 15 heavy (non-hydrogen) atoms. The Morgan fingerprint density at radius 3 is 3.13 bits per heavy atom. The number of hydrogen-bond acceptors (Lipinski definition) is 2. The van der Waals surface area contributed by atoms with Crippen molar-refractivity contribution in [3.63, 3.8) is 0 Å². The van der Waals surface area contributed by atoms with Gasteiger partial charge in [0.25, 0.3) is 0 Å². The van der Waals surface area contributed by atoms with E-state index < -0.39 is 0 Å². The number of fused-ring (bicyclic) bond motifs is 1. The summed E-state index contributed by atoms with van der Waals surface area (Å²) in [6.45, 7) is 3.22. The predicted molar refractivity (Wildman–Crippen MR) is 60.0 cm³/mol. The van der Waals surface area contributed by atoms with Crippen LogP contribution in [0.5, 0.6) is 0 Å². The van der Waals surface area contributed by atoms with Crippen molar-refractivity contribution < 1.29 is 4.74 Å². The molecule has 0 amide bonds. The highest BCUT2D eigenvalue weighted by Gasteiger charge is 2.42. The molecule has 0 saturated carbocycles. The van der Waals surface area contributed by atoms with E-state index in [4.69, 9.17) is 16.3 Å². The van der Waals surface area contributed by atoms with E-state index >= 15 is 0 Å². The Morgan fingerprint density at radius 2 is 2.33 bits per heavy atom. The minimum absolute atomic E-state index is 0.512. The summed E-state index contributed by atoms with van der Waals surface area (Å²) in [6, 6.07) is 8.10. The maximum absolute atomic E-state index is 5.96. The molecule has 0 bridgehead atoms. The summed E-state index contributed by atoms with van der Waals surface area (Å²) >= 11 is 5.96. The van der Waals surface area contributed by atoms with Crippen molar-refractivity contribution in [2.75, 3.05) is 13.1 Å². The molecule has 2 aliphatic rings. The first-order valence-electron chi connectivity index (χ1n) is 5.43. The van der Waals surface area contributed by atoms with Gasteiger partial charge in [0.1, 0.15) is 0 Å². The zero-order chi connectivity index (χ0) is 10.3. The van der Waals surface area contributed by atoms with Gasteiger partial charge < -0.3 is 4.74 Å². The fourth-order valence-electron chi connectivity index (χ4n) is 2.29. The minimum Gasteiger partial charge on any atom is -0.368 e.